The van der Waals surface area contributed by atoms with Gasteiger partial charge < -0.3 is 9.64 Å². The second-order valence-electron chi connectivity index (χ2n) is 9.59. The van der Waals surface area contributed by atoms with Gasteiger partial charge in [-0.15, -0.1) is 0 Å². The molecule has 0 radical (unpaired) electrons. The van der Waals surface area contributed by atoms with E-state index in [9.17, 15) is 9.59 Å². The van der Waals surface area contributed by atoms with Crippen LogP contribution in [0.4, 0.5) is 5.82 Å². The van der Waals surface area contributed by atoms with Gasteiger partial charge in [-0.2, -0.15) is 0 Å². The van der Waals surface area contributed by atoms with Crippen LogP contribution in [0.3, 0.4) is 0 Å². The van der Waals surface area contributed by atoms with E-state index in [2.05, 4.69) is 29.2 Å². The van der Waals surface area contributed by atoms with Crippen LogP contribution in [0.15, 0.2) is 64.4 Å². The Bertz CT molecular complexity index is 1400. The molecule has 0 N–H and O–H groups in total. The number of aromatic nitrogens is 2. The lowest BCUT2D eigenvalue weighted by Crippen LogP contribution is -2.37. The SMILES string of the molecule is CCOCCCN1C(=O)C(=Cc2c(N3CCC(Cc4ccccc4)CC3)nc3ccccn3c2=O)SC1=S. The number of thioether (sulfide) groups is 1. The van der Waals surface area contributed by atoms with Crippen LogP contribution in [0.2, 0.25) is 0 Å². The van der Waals surface area contributed by atoms with Gasteiger partial charge in [0.25, 0.3) is 11.5 Å². The molecule has 9 heteroatoms. The van der Waals surface area contributed by atoms with Crippen molar-refractivity contribution in [1.29, 1.82) is 0 Å². The highest BCUT2D eigenvalue weighted by Gasteiger charge is 2.33. The number of pyridine rings is 1. The first-order valence-corrected chi connectivity index (χ1v) is 14.4. The zero-order valence-electron chi connectivity index (χ0n) is 21.5. The minimum atomic E-state index is -0.182. The number of piperidine rings is 1. The summed E-state index contributed by atoms with van der Waals surface area (Å²) in [5.41, 5.74) is 2.21. The summed E-state index contributed by atoms with van der Waals surface area (Å²) >= 11 is 6.75. The van der Waals surface area contributed by atoms with Gasteiger partial charge in [-0.25, -0.2) is 4.98 Å². The largest absolute Gasteiger partial charge is 0.382 e. The first-order valence-electron chi connectivity index (χ1n) is 13.2. The smallest absolute Gasteiger partial charge is 0.267 e. The number of fused-ring (bicyclic) bond motifs is 1. The summed E-state index contributed by atoms with van der Waals surface area (Å²) in [5.74, 6) is 1.06. The number of benzene rings is 1. The van der Waals surface area contributed by atoms with Gasteiger partial charge in [0, 0.05) is 39.0 Å². The number of nitrogens with zero attached hydrogens (tertiary/aromatic N) is 4. The van der Waals surface area contributed by atoms with E-state index in [-0.39, 0.29) is 11.5 Å². The molecule has 7 nitrogen and oxygen atoms in total. The molecular formula is C29H32N4O3S2. The Labute approximate surface area is 232 Å². The van der Waals surface area contributed by atoms with Gasteiger partial charge in [0.1, 0.15) is 15.8 Å². The van der Waals surface area contributed by atoms with Crippen molar-refractivity contribution in [2.45, 2.75) is 32.6 Å². The lowest BCUT2D eigenvalue weighted by molar-refractivity contribution is -0.122. The number of carbonyl (C=O) groups is 1. The number of ether oxygens (including phenoxy) is 1. The summed E-state index contributed by atoms with van der Waals surface area (Å²) in [6.07, 6.45) is 7.22. The van der Waals surface area contributed by atoms with E-state index in [4.69, 9.17) is 21.9 Å². The number of hydrogen-bond acceptors (Lipinski definition) is 7. The summed E-state index contributed by atoms with van der Waals surface area (Å²) in [6, 6.07) is 16.1. The van der Waals surface area contributed by atoms with E-state index in [1.165, 1.54) is 17.3 Å². The summed E-state index contributed by atoms with van der Waals surface area (Å²) in [7, 11) is 0. The van der Waals surface area contributed by atoms with Crippen LogP contribution in [0.25, 0.3) is 11.7 Å². The fourth-order valence-electron chi connectivity index (χ4n) is 5.05. The Hall–Kier alpha value is -3.01. The van der Waals surface area contributed by atoms with Crippen molar-refractivity contribution in [2.75, 3.05) is 37.7 Å². The first-order chi connectivity index (χ1) is 18.5. The minimum absolute atomic E-state index is 0.165. The molecule has 2 saturated heterocycles. The third kappa shape index (κ3) is 5.85. The Morgan fingerprint density at radius 3 is 2.63 bits per heavy atom. The van der Waals surface area contributed by atoms with Gasteiger partial charge in [0.15, 0.2) is 0 Å². The zero-order valence-corrected chi connectivity index (χ0v) is 23.2. The molecule has 198 valence electrons. The van der Waals surface area contributed by atoms with Gasteiger partial charge in [0.2, 0.25) is 0 Å². The molecule has 2 aromatic heterocycles. The summed E-state index contributed by atoms with van der Waals surface area (Å²) < 4.78 is 7.46. The minimum Gasteiger partial charge on any atom is -0.382 e. The standard InChI is InChI=1S/C29H32N4O3S2/c1-2-36-18-8-15-33-28(35)24(38-29(33)37)20-23-26(30-25-11-6-7-14-32(25)27(23)34)31-16-12-22(13-17-31)19-21-9-4-3-5-10-21/h3-7,9-11,14,20,22H,2,8,12-13,15-19H2,1H3. The maximum atomic E-state index is 13.7. The van der Waals surface area contributed by atoms with Gasteiger partial charge >= 0.3 is 0 Å². The molecule has 5 rings (SSSR count). The normalized spacial score (nSPS) is 17.8. The number of thiocarbonyl (C=S) groups is 1. The van der Waals surface area contributed by atoms with Crippen molar-refractivity contribution in [3.63, 3.8) is 0 Å². The Kier molecular flexibility index (Phi) is 8.56. The van der Waals surface area contributed by atoms with Gasteiger partial charge in [0.05, 0.1) is 10.5 Å². The van der Waals surface area contributed by atoms with Crippen LogP contribution in [0.1, 0.15) is 37.3 Å². The Balaban J connectivity index is 1.41. The topological polar surface area (TPSA) is 67.2 Å². The molecular weight excluding hydrogens is 516 g/mol. The van der Waals surface area contributed by atoms with Crippen molar-refractivity contribution in [1.82, 2.24) is 14.3 Å². The van der Waals surface area contributed by atoms with Crippen LogP contribution in [0, 0.1) is 5.92 Å². The third-order valence-corrected chi connectivity index (χ3v) is 8.43. The van der Waals surface area contributed by atoms with Crippen molar-refractivity contribution >= 4 is 51.7 Å². The summed E-state index contributed by atoms with van der Waals surface area (Å²) in [5, 5.41) is 0. The molecule has 0 aliphatic carbocycles. The Morgan fingerprint density at radius 2 is 1.87 bits per heavy atom. The lowest BCUT2D eigenvalue weighted by atomic mass is 9.90. The van der Waals surface area contributed by atoms with Crippen molar-refractivity contribution < 1.29 is 9.53 Å². The van der Waals surface area contributed by atoms with Crippen LogP contribution >= 0.6 is 24.0 Å². The summed E-state index contributed by atoms with van der Waals surface area (Å²) in [6.45, 7) is 5.29. The van der Waals surface area contributed by atoms with Gasteiger partial charge in [-0.1, -0.05) is 60.4 Å². The molecule has 2 fully saturated rings. The predicted molar refractivity (Wildman–Crippen MR) is 158 cm³/mol. The monoisotopic (exact) mass is 548 g/mol. The number of carbonyl (C=O) groups excluding carboxylic acids is 1. The third-order valence-electron chi connectivity index (χ3n) is 7.05. The fraction of sp³-hybridized carbons (Fsp3) is 0.379. The predicted octanol–water partition coefficient (Wildman–Crippen LogP) is 4.78. The first kappa shape index (κ1) is 26.6. The molecule has 2 aliphatic heterocycles. The zero-order chi connectivity index (χ0) is 26.5. The van der Waals surface area contributed by atoms with E-state index in [1.807, 2.05) is 31.2 Å². The molecule has 1 amide bonds. The van der Waals surface area contributed by atoms with E-state index >= 15 is 0 Å². The number of amides is 1. The maximum Gasteiger partial charge on any atom is 0.267 e. The molecule has 0 bridgehead atoms. The highest BCUT2D eigenvalue weighted by atomic mass is 32.2. The fourth-order valence-corrected chi connectivity index (χ4v) is 6.34. The average molecular weight is 549 g/mol. The second kappa shape index (κ2) is 12.2. The molecule has 0 unspecified atom stereocenters. The number of rotatable bonds is 9. The molecule has 0 spiro atoms. The maximum absolute atomic E-state index is 13.7. The van der Waals surface area contributed by atoms with E-state index in [0.717, 1.165) is 32.4 Å². The van der Waals surface area contributed by atoms with Crippen molar-refractivity contribution in [3.8, 4) is 0 Å². The van der Waals surface area contributed by atoms with Crippen molar-refractivity contribution in [3.05, 3.63) is 81.1 Å². The molecule has 4 heterocycles. The van der Waals surface area contributed by atoms with E-state index in [1.54, 1.807) is 21.6 Å². The Morgan fingerprint density at radius 1 is 1.11 bits per heavy atom. The van der Waals surface area contributed by atoms with Gasteiger partial charge in [-0.05, 0) is 62.3 Å². The average Bonchev–Trinajstić information content (AvgIpc) is 3.21. The van der Waals surface area contributed by atoms with Crippen LogP contribution in [0.5, 0.6) is 0 Å². The van der Waals surface area contributed by atoms with Gasteiger partial charge in [-0.3, -0.25) is 18.9 Å². The quantitative estimate of drug-likeness (QED) is 0.217. The van der Waals surface area contributed by atoms with E-state index < -0.39 is 0 Å². The lowest BCUT2D eigenvalue weighted by Gasteiger charge is -2.33. The second-order valence-corrected chi connectivity index (χ2v) is 11.3. The highest BCUT2D eigenvalue weighted by molar-refractivity contribution is 8.26. The molecule has 0 saturated carbocycles. The molecule has 2 aliphatic rings. The van der Waals surface area contributed by atoms with E-state index in [0.29, 0.717) is 58.4 Å². The molecule has 3 aromatic rings. The summed E-state index contributed by atoms with van der Waals surface area (Å²) in [4.78, 5) is 36.1. The van der Waals surface area contributed by atoms with Crippen LogP contribution < -0.4 is 10.5 Å². The molecule has 1 aromatic carbocycles. The van der Waals surface area contributed by atoms with Crippen LogP contribution in [-0.4, -0.2) is 57.4 Å². The number of anilines is 1. The highest BCUT2D eigenvalue weighted by Crippen LogP contribution is 2.34. The molecule has 0 atom stereocenters. The van der Waals surface area contributed by atoms with Crippen LogP contribution in [-0.2, 0) is 16.0 Å². The van der Waals surface area contributed by atoms with Crippen molar-refractivity contribution in [2.24, 2.45) is 5.92 Å². The number of hydrogen-bond donors (Lipinski definition) is 0. The molecule has 38 heavy (non-hydrogen) atoms.